The van der Waals surface area contributed by atoms with Crippen molar-refractivity contribution < 1.29 is 9.84 Å². The Morgan fingerprint density at radius 2 is 2.12 bits per heavy atom. The number of anilines is 1. The van der Waals surface area contributed by atoms with Crippen LogP contribution in [0.2, 0.25) is 0 Å². The molecule has 24 heavy (non-hydrogen) atoms. The molecule has 0 radical (unpaired) electrons. The molecular weight excluding hydrogens is 308 g/mol. The Morgan fingerprint density at radius 1 is 1.38 bits per heavy atom. The third kappa shape index (κ3) is 2.61. The van der Waals surface area contributed by atoms with Crippen LogP contribution in [0, 0.1) is 11.3 Å². The number of rotatable bonds is 2. The minimum Gasteiger partial charge on any atom is -0.483 e. The second-order valence-corrected chi connectivity index (χ2v) is 6.39. The molecule has 0 saturated heterocycles. The molecule has 0 fully saturated rings. The topological polar surface area (TPSA) is 100 Å². The number of ether oxygens (including phenoxy) is 1. The summed E-state index contributed by atoms with van der Waals surface area (Å²) in [6.07, 6.45) is 0.232. The van der Waals surface area contributed by atoms with Crippen LogP contribution in [0.25, 0.3) is 0 Å². The van der Waals surface area contributed by atoms with E-state index in [0.29, 0.717) is 17.1 Å². The number of nitrogens with one attached hydrogen (secondary N) is 1. The van der Waals surface area contributed by atoms with Crippen molar-refractivity contribution >= 4 is 5.82 Å². The normalized spacial score (nSPS) is 21.3. The molecule has 124 valence electrons. The van der Waals surface area contributed by atoms with E-state index in [0.717, 1.165) is 5.56 Å². The lowest BCUT2D eigenvalue weighted by Crippen LogP contribution is -2.62. The van der Waals surface area contributed by atoms with Gasteiger partial charge in [0.15, 0.2) is 11.3 Å². The van der Waals surface area contributed by atoms with E-state index in [1.807, 2.05) is 0 Å². The highest BCUT2D eigenvalue weighted by atomic mass is 16.5. The number of fused-ring (bicyclic) bond motifs is 1. The lowest BCUT2D eigenvalue weighted by Gasteiger charge is -2.47. The van der Waals surface area contributed by atoms with Crippen molar-refractivity contribution in [2.75, 3.05) is 5.32 Å². The van der Waals surface area contributed by atoms with Crippen molar-refractivity contribution in [1.82, 2.24) is 9.78 Å². The zero-order chi connectivity index (χ0) is 17.5. The van der Waals surface area contributed by atoms with Gasteiger partial charge >= 0.3 is 0 Å². The number of aryl methyl sites for hydroxylation is 1. The Kier molecular flexibility index (Phi) is 3.57. The van der Waals surface area contributed by atoms with Crippen molar-refractivity contribution in [1.29, 1.82) is 5.26 Å². The van der Waals surface area contributed by atoms with Crippen molar-refractivity contribution in [3.05, 3.63) is 51.8 Å². The molecule has 2 N–H and O–H groups in total. The number of nitriles is 1. The SMILES string of the molecule is Cn1nc(N[C@]2(O)Cc3cc(C#N)ccc3OC2(C)C)ccc1=O. The monoisotopic (exact) mass is 326 g/mol. The van der Waals surface area contributed by atoms with Crippen LogP contribution in [0.4, 0.5) is 5.82 Å². The molecule has 3 rings (SSSR count). The molecule has 1 aromatic carbocycles. The van der Waals surface area contributed by atoms with Gasteiger partial charge in [-0.2, -0.15) is 10.4 Å². The zero-order valence-corrected chi connectivity index (χ0v) is 13.7. The van der Waals surface area contributed by atoms with E-state index in [-0.39, 0.29) is 12.0 Å². The quantitative estimate of drug-likeness (QED) is 0.804. The molecule has 7 heteroatoms. The third-order valence-electron chi connectivity index (χ3n) is 4.29. The van der Waals surface area contributed by atoms with Crippen LogP contribution in [0.5, 0.6) is 5.75 Å². The second-order valence-electron chi connectivity index (χ2n) is 6.39. The maximum Gasteiger partial charge on any atom is 0.266 e. The van der Waals surface area contributed by atoms with E-state index in [1.165, 1.54) is 23.9 Å². The summed E-state index contributed by atoms with van der Waals surface area (Å²) in [5.41, 5.74) is -1.42. The number of nitrogens with zero attached hydrogens (tertiary/aromatic N) is 3. The van der Waals surface area contributed by atoms with E-state index in [9.17, 15) is 9.90 Å². The maximum absolute atomic E-state index is 11.5. The molecule has 1 aliphatic rings. The predicted octanol–water partition coefficient (Wildman–Crippen LogP) is 1.17. The van der Waals surface area contributed by atoms with Crippen molar-refractivity contribution in [3.8, 4) is 11.8 Å². The Balaban J connectivity index is 1.99. The highest BCUT2D eigenvalue weighted by molar-refractivity contribution is 5.47. The second kappa shape index (κ2) is 5.35. The van der Waals surface area contributed by atoms with Gasteiger partial charge in [-0.05, 0) is 38.1 Å². The predicted molar refractivity (Wildman–Crippen MR) is 87.6 cm³/mol. The molecule has 1 aliphatic heterocycles. The van der Waals surface area contributed by atoms with Gasteiger partial charge in [0.05, 0.1) is 11.6 Å². The van der Waals surface area contributed by atoms with Crippen LogP contribution in [-0.4, -0.2) is 26.2 Å². The van der Waals surface area contributed by atoms with Crippen molar-refractivity contribution in [2.24, 2.45) is 7.05 Å². The average Bonchev–Trinajstić information content (AvgIpc) is 2.51. The van der Waals surface area contributed by atoms with Gasteiger partial charge in [-0.3, -0.25) is 4.79 Å². The summed E-state index contributed by atoms with van der Waals surface area (Å²) in [4.78, 5) is 11.5. The van der Waals surface area contributed by atoms with Gasteiger partial charge in [0.25, 0.3) is 5.56 Å². The summed E-state index contributed by atoms with van der Waals surface area (Å²) in [7, 11) is 1.54. The van der Waals surface area contributed by atoms with Crippen LogP contribution in [-0.2, 0) is 13.5 Å². The molecule has 7 nitrogen and oxygen atoms in total. The van der Waals surface area contributed by atoms with Gasteiger partial charge in [-0.1, -0.05) is 0 Å². The highest BCUT2D eigenvalue weighted by Gasteiger charge is 2.50. The molecule has 0 amide bonds. The van der Waals surface area contributed by atoms with E-state index in [1.54, 1.807) is 32.0 Å². The van der Waals surface area contributed by atoms with Gasteiger partial charge in [0.2, 0.25) is 0 Å². The molecule has 1 atom stereocenters. The first-order chi connectivity index (χ1) is 11.2. The van der Waals surface area contributed by atoms with Crippen molar-refractivity contribution in [3.63, 3.8) is 0 Å². The molecular formula is C17H18N4O3. The lowest BCUT2D eigenvalue weighted by molar-refractivity contribution is -0.108. The Bertz CT molecular complexity index is 897. The number of hydrogen-bond donors (Lipinski definition) is 2. The first kappa shape index (κ1) is 16.0. The Labute approximate surface area is 139 Å². The number of aromatic nitrogens is 2. The van der Waals surface area contributed by atoms with E-state index in [2.05, 4.69) is 16.5 Å². The average molecular weight is 326 g/mol. The van der Waals surface area contributed by atoms with Crippen LogP contribution in [0.15, 0.2) is 35.1 Å². The maximum atomic E-state index is 11.5. The van der Waals surface area contributed by atoms with Gasteiger partial charge in [-0.25, -0.2) is 4.68 Å². The lowest BCUT2D eigenvalue weighted by atomic mass is 9.84. The van der Waals surface area contributed by atoms with Gasteiger partial charge in [0, 0.05) is 25.1 Å². The Hall–Kier alpha value is -2.85. The van der Waals surface area contributed by atoms with Crippen LogP contribution in [0.1, 0.15) is 25.0 Å². The van der Waals surface area contributed by atoms with E-state index >= 15 is 0 Å². The molecule has 0 saturated carbocycles. The minimum absolute atomic E-state index is 0.232. The summed E-state index contributed by atoms with van der Waals surface area (Å²) >= 11 is 0. The summed E-state index contributed by atoms with van der Waals surface area (Å²) in [5, 5.41) is 27.3. The number of benzene rings is 1. The standard InChI is InChI=1S/C17H18N4O3/c1-16(2)17(23,19-14-6-7-15(22)21(3)20-14)9-12-8-11(10-18)4-5-13(12)24-16/h4-8,23H,9H2,1-3H3,(H,19,20)/t17-/m0/s1. The highest BCUT2D eigenvalue weighted by Crippen LogP contribution is 2.40. The minimum atomic E-state index is -1.46. The fourth-order valence-corrected chi connectivity index (χ4v) is 2.71. The van der Waals surface area contributed by atoms with Crippen LogP contribution in [0.3, 0.4) is 0 Å². The number of hydrogen-bond acceptors (Lipinski definition) is 6. The summed E-state index contributed by atoms with van der Waals surface area (Å²) in [6.45, 7) is 3.53. The van der Waals surface area contributed by atoms with Crippen LogP contribution >= 0.6 is 0 Å². The first-order valence-electron chi connectivity index (χ1n) is 7.51. The van der Waals surface area contributed by atoms with Crippen LogP contribution < -0.4 is 15.6 Å². The van der Waals surface area contributed by atoms with E-state index in [4.69, 9.17) is 10.00 Å². The fraction of sp³-hybridized carbons (Fsp3) is 0.353. The molecule has 0 spiro atoms. The Morgan fingerprint density at radius 3 is 2.79 bits per heavy atom. The third-order valence-corrected chi connectivity index (χ3v) is 4.29. The molecule has 0 bridgehead atoms. The molecule has 0 aliphatic carbocycles. The molecule has 1 aromatic heterocycles. The number of aliphatic hydroxyl groups is 1. The molecule has 0 unspecified atom stereocenters. The van der Waals surface area contributed by atoms with E-state index < -0.39 is 11.3 Å². The molecule has 2 aromatic rings. The smallest absolute Gasteiger partial charge is 0.266 e. The fourth-order valence-electron chi connectivity index (χ4n) is 2.71. The summed E-state index contributed by atoms with van der Waals surface area (Å²) < 4.78 is 7.13. The van der Waals surface area contributed by atoms with Gasteiger partial charge < -0.3 is 15.2 Å². The van der Waals surface area contributed by atoms with Crippen molar-refractivity contribution in [2.45, 2.75) is 31.6 Å². The zero-order valence-electron chi connectivity index (χ0n) is 13.7. The largest absolute Gasteiger partial charge is 0.483 e. The summed E-state index contributed by atoms with van der Waals surface area (Å²) in [6, 6.07) is 10.1. The van der Waals surface area contributed by atoms with Gasteiger partial charge in [0.1, 0.15) is 11.6 Å². The summed E-state index contributed by atoms with van der Waals surface area (Å²) in [5.74, 6) is 0.995. The molecule has 2 heterocycles. The first-order valence-corrected chi connectivity index (χ1v) is 7.51. The van der Waals surface area contributed by atoms with Gasteiger partial charge in [-0.15, -0.1) is 0 Å².